The van der Waals surface area contributed by atoms with Crippen LogP contribution in [0.15, 0.2) is 60.7 Å². The van der Waals surface area contributed by atoms with E-state index in [9.17, 15) is 4.39 Å². The third-order valence-electron chi connectivity index (χ3n) is 3.48. The number of hydrogen-bond acceptors (Lipinski definition) is 1. The van der Waals surface area contributed by atoms with Gasteiger partial charge in [-0.25, -0.2) is 4.39 Å². The van der Waals surface area contributed by atoms with Crippen LogP contribution in [0.25, 0.3) is 10.8 Å². The fraction of sp³-hybridized carbons (Fsp3) is 0.0588. The van der Waals surface area contributed by atoms with Crippen LogP contribution >= 0.6 is 11.6 Å². The number of hydrogen-bond donors (Lipinski definition) is 1. The zero-order valence-corrected chi connectivity index (χ0v) is 11.4. The van der Waals surface area contributed by atoms with Gasteiger partial charge >= 0.3 is 0 Å². The van der Waals surface area contributed by atoms with Crippen molar-refractivity contribution in [3.63, 3.8) is 0 Å². The van der Waals surface area contributed by atoms with Crippen LogP contribution in [0.5, 0.6) is 0 Å². The Labute approximate surface area is 121 Å². The molecular weight excluding hydrogens is 273 g/mol. The second-order valence-electron chi connectivity index (χ2n) is 4.68. The van der Waals surface area contributed by atoms with Crippen molar-refractivity contribution in [3.05, 3.63) is 82.6 Å². The van der Waals surface area contributed by atoms with E-state index >= 15 is 0 Å². The predicted octanol–water partition coefficient (Wildman–Crippen LogP) is 4.68. The first-order valence-electron chi connectivity index (χ1n) is 6.35. The van der Waals surface area contributed by atoms with E-state index in [4.69, 9.17) is 17.3 Å². The summed E-state index contributed by atoms with van der Waals surface area (Å²) in [5.74, 6) is -0.240. The maximum atomic E-state index is 13.8. The summed E-state index contributed by atoms with van der Waals surface area (Å²) in [6, 6.07) is 17.6. The molecule has 0 saturated heterocycles. The third-order valence-corrected chi connectivity index (χ3v) is 3.82. The molecule has 100 valence electrons. The van der Waals surface area contributed by atoms with Gasteiger partial charge in [0.05, 0.1) is 6.04 Å². The molecule has 1 atom stereocenters. The lowest BCUT2D eigenvalue weighted by Gasteiger charge is -2.16. The summed E-state index contributed by atoms with van der Waals surface area (Å²) < 4.78 is 13.8. The monoisotopic (exact) mass is 285 g/mol. The molecule has 20 heavy (non-hydrogen) atoms. The molecule has 0 aliphatic heterocycles. The molecule has 0 aliphatic rings. The Bertz CT molecular complexity index is 770. The molecule has 0 fully saturated rings. The smallest absolute Gasteiger partial charge is 0.131 e. The molecule has 1 unspecified atom stereocenters. The van der Waals surface area contributed by atoms with Gasteiger partial charge in [-0.2, -0.15) is 0 Å². The molecule has 0 heterocycles. The molecule has 0 aliphatic carbocycles. The Hall–Kier alpha value is -1.90. The lowest BCUT2D eigenvalue weighted by Crippen LogP contribution is -2.13. The van der Waals surface area contributed by atoms with E-state index in [2.05, 4.69) is 0 Å². The fourth-order valence-corrected chi connectivity index (χ4v) is 2.70. The van der Waals surface area contributed by atoms with E-state index in [-0.39, 0.29) is 11.9 Å². The largest absolute Gasteiger partial charge is 0.320 e. The molecule has 0 bridgehead atoms. The zero-order chi connectivity index (χ0) is 14.1. The van der Waals surface area contributed by atoms with Crippen LogP contribution in [-0.2, 0) is 0 Å². The first kappa shape index (κ1) is 13.1. The molecule has 0 saturated carbocycles. The fourth-order valence-electron chi connectivity index (χ4n) is 2.45. The van der Waals surface area contributed by atoms with Crippen LogP contribution in [0, 0.1) is 5.82 Å². The number of benzene rings is 3. The van der Waals surface area contributed by atoms with Crippen LogP contribution in [0.4, 0.5) is 4.39 Å². The summed E-state index contributed by atoms with van der Waals surface area (Å²) in [5.41, 5.74) is 8.04. The van der Waals surface area contributed by atoms with Gasteiger partial charge in [0.15, 0.2) is 0 Å². The molecule has 0 radical (unpaired) electrons. The van der Waals surface area contributed by atoms with Crippen LogP contribution in [-0.4, -0.2) is 0 Å². The van der Waals surface area contributed by atoms with Crippen molar-refractivity contribution in [2.45, 2.75) is 6.04 Å². The summed E-state index contributed by atoms with van der Waals surface area (Å²) >= 11 is 6.20. The van der Waals surface area contributed by atoms with Gasteiger partial charge in [0, 0.05) is 10.4 Å². The quantitative estimate of drug-likeness (QED) is 0.727. The summed E-state index contributed by atoms with van der Waals surface area (Å²) in [5, 5.41) is 2.01. The Morgan fingerprint density at radius 3 is 2.20 bits per heavy atom. The van der Waals surface area contributed by atoms with Crippen molar-refractivity contribution in [1.29, 1.82) is 0 Å². The lowest BCUT2D eigenvalue weighted by atomic mass is 9.94. The van der Waals surface area contributed by atoms with Crippen molar-refractivity contribution in [2.24, 2.45) is 5.73 Å². The van der Waals surface area contributed by atoms with E-state index in [0.717, 1.165) is 16.5 Å². The molecule has 3 aromatic rings. The van der Waals surface area contributed by atoms with E-state index in [0.29, 0.717) is 10.4 Å². The average molecular weight is 286 g/mol. The molecule has 3 heteroatoms. The minimum absolute atomic E-state index is 0.240. The van der Waals surface area contributed by atoms with Crippen LogP contribution in [0.2, 0.25) is 5.02 Å². The standard InChI is InChI=1S/C17H13ClFN/c18-15-8-4-3-7-14(15)17(20)13-9-10-16(19)12-6-2-1-5-11(12)13/h1-10,17H,20H2. The van der Waals surface area contributed by atoms with Crippen LogP contribution in [0.3, 0.4) is 0 Å². The number of fused-ring (bicyclic) bond motifs is 1. The highest BCUT2D eigenvalue weighted by Gasteiger charge is 2.15. The zero-order valence-electron chi connectivity index (χ0n) is 10.7. The molecule has 3 aromatic carbocycles. The SMILES string of the molecule is NC(c1ccccc1Cl)c1ccc(F)c2ccccc12. The molecule has 0 amide bonds. The maximum Gasteiger partial charge on any atom is 0.131 e. The number of nitrogens with two attached hydrogens (primary N) is 1. The van der Waals surface area contributed by atoms with E-state index < -0.39 is 0 Å². The van der Waals surface area contributed by atoms with Gasteiger partial charge in [0.2, 0.25) is 0 Å². The van der Waals surface area contributed by atoms with E-state index in [1.807, 2.05) is 42.5 Å². The van der Waals surface area contributed by atoms with Gasteiger partial charge in [-0.05, 0) is 28.6 Å². The van der Waals surface area contributed by atoms with Crippen LogP contribution in [0.1, 0.15) is 17.2 Å². The molecule has 2 N–H and O–H groups in total. The molecule has 0 aromatic heterocycles. The van der Waals surface area contributed by atoms with Crippen molar-refractivity contribution >= 4 is 22.4 Å². The third kappa shape index (κ3) is 2.17. The molecular formula is C17H13ClFN. The minimum Gasteiger partial charge on any atom is -0.320 e. The Morgan fingerprint density at radius 2 is 1.45 bits per heavy atom. The van der Waals surface area contributed by atoms with E-state index in [1.54, 1.807) is 12.1 Å². The summed E-state index contributed by atoms with van der Waals surface area (Å²) in [6.45, 7) is 0. The summed E-state index contributed by atoms with van der Waals surface area (Å²) in [6.07, 6.45) is 0. The van der Waals surface area contributed by atoms with Crippen molar-refractivity contribution in [1.82, 2.24) is 0 Å². The minimum atomic E-state index is -0.380. The number of halogens is 2. The second kappa shape index (κ2) is 5.23. The second-order valence-corrected chi connectivity index (χ2v) is 5.09. The first-order chi connectivity index (χ1) is 9.68. The van der Waals surface area contributed by atoms with Crippen molar-refractivity contribution < 1.29 is 4.39 Å². The highest BCUT2D eigenvalue weighted by molar-refractivity contribution is 6.31. The Morgan fingerprint density at radius 1 is 0.800 bits per heavy atom. The predicted molar refractivity (Wildman–Crippen MR) is 81.4 cm³/mol. The van der Waals surface area contributed by atoms with Gasteiger partial charge in [0.1, 0.15) is 5.82 Å². The van der Waals surface area contributed by atoms with Gasteiger partial charge in [-0.3, -0.25) is 0 Å². The van der Waals surface area contributed by atoms with Gasteiger partial charge < -0.3 is 5.73 Å². The first-order valence-corrected chi connectivity index (χ1v) is 6.73. The van der Waals surface area contributed by atoms with Crippen LogP contribution < -0.4 is 5.73 Å². The molecule has 3 rings (SSSR count). The average Bonchev–Trinajstić information content (AvgIpc) is 2.48. The summed E-state index contributed by atoms with van der Waals surface area (Å²) in [4.78, 5) is 0. The molecule has 1 nitrogen and oxygen atoms in total. The topological polar surface area (TPSA) is 26.0 Å². The summed E-state index contributed by atoms with van der Waals surface area (Å²) in [7, 11) is 0. The normalized spacial score (nSPS) is 12.6. The van der Waals surface area contributed by atoms with Gasteiger partial charge in [-0.15, -0.1) is 0 Å². The van der Waals surface area contributed by atoms with Crippen molar-refractivity contribution in [2.75, 3.05) is 0 Å². The van der Waals surface area contributed by atoms with E-state index in [1.165, 1.54) is 6.07 Å². The van der Waals surface area contributed by atoms with Crippen molar-refractivity contribution in [3.8, 4) is 0 Å². The Kier molecular flexibility index (Phi) is 3.43. The van der Waals surface area contributed by atoms with Gasteiger partial charge in [-0.1, -0.05) is 60.1 Å². The molecule has 0 spiro atoms. The lowest BCUT2D eigenvalue weighted by molar-refractivity contribution is 0.639. The number of rotatable bonds is 2. The maximum absolute atomic E-state index is 13.8. The van der Waals surface area contributed by atoms with Gasteiger partial charge in [0.25, 0.3) is 0 Å². The Balaban J connectivity index is 2.20. The highest BCUT2D eigenvalue weighted by Crippen LogP contribution is 2.31. The highest BCUT2D eigenvalue weighted by atomic mass is 35.5.